The summed E-state index contributed by atoms with van der Waals surface area (Å²) in [7, 11) is 0. The molecule has 2 rings (SSSR count). The summed E-state index contributed by atoms with van der Waals surface area (Å²) in [4.78, 5) is 12.9. The van der Waals surface area contributed by atoms with E-state index in [0.717, 1.165) is 0 Å². The lowest BCUT2D eigenvalue weighted by molar-refractivity contribution is -0.133. The first-order valence-electron chi connectivity index (χ1n) is 6.59. The molecule has 1 aliphatic heterocycles. The highest BCUT2D eigenvalue weighted by molar-refractivity contribution is 7.80. The van der Waals surface area contributed by atoms with E-state index in [1.165, 1.54) is 12.8 Å². The Balaban J connectivity index is 2.10. The summed E-state index contributed by atoms with van der Waals surface area (Å²) in [6.45, 7) is 5.26. The van der Waals surface area contributed by atoms with Crippen LogP contribution in [0, 0.1) is 11.3 Å². The number of amides is 1. The third-order valence-electron chi connectivity index (χ3n) is 4.29. The van der Waals surface area contributed by atoms with E-state index in [1.54, 1.807) is 0 Å². The van der Waals surface area contributed by atoms with Gasteiger partial charge in [0, 0.05) is 18.8 Å². The molecule has 3 N–H and O–H groups in total. The Kier molecular flexibility index (Phi) is 3.65. The zero-order valence-electron chi connectivity index (χ0n) is 11.1. The van der Waals surface area contributed by atoms with Crippen molar-refractivity contribution >= 4 is 23.1 Å². The largest absolute Gasteiger partial charge is 0.392 e. The van der Waals surface area contributed by atoms with E-state index in [9.17, 15) is 4.79 Å². The van der Waals surface area contributed by atoms with E-state index in [2.05, 4.69) is 19.2 Å². The number of nitrogens with one attached hydrogen (secondary N) is 1. The summed E-state index contributed by atoms with van der Waals surface area (Å²) in [5, 5.41) is 3.15. The fraction of sp³-hybridized carbons (Fsp3) is 0.846. The van der Waals surface area contributed by atoms with Crippen molar-refractivity contribution < 1.29 is 9.53 Å². The number of ether oxygens (including phenoxy) is 1. The maximum atomic E-state index is 12.6. The Morgan fingerprint density at radius 1 is 1.39 bits per heavy atom. The summed E-state index contributed by atoms with van der Waals surface area (Å²) < 4.78 is 5.32. The summed E-state index contributed by atoms with van der Waals surface area (Å²) in [6.07, 6.45) is 3.57. The first kappa shape index (κ1) is 13.7. The van der Waals surface area contributed by atoms with E-state index in [-0.39, 0.29) is 11.4 Å². The zero-order valence-corrected chi connectivity index (χ0v) is 11.9. The molecule has 102 valence electrons. The van der Waals surface area contributed by atoms with Gasteiger partial charge in [-0.05, 0) is 45.4 Å². The highest BCUT2D eigenvalue weighted by Crippen LogP contribution is 2.40. The topological polar surface area (TPSA) is 64.4 Å². The molecular weight excluding hydrogens is 248 g/mol. The van der Waals surface area contributed by atoms with Crippen LogP contribution in [0.15, 0.2) is 0 Å². The normalized spacial score (nSPS) is 23.4. The molecule has 2 aliphatic rings. The summed E-state index contributed by atoms with van der Waals surface area (Å²) in [5.74, 6) is 0.569. The number of thiocarbonyl (C=S) groups is 1. The van der Waals surface area contributed by atoms with Gasteiger partial charge in [-0.25, -0.2) is 0 Å². The minimum atomic E-state index is -0.709. The van der Waals surface area contributed by atoms with Crippen LogP contribution in [0.3, 0.4) is 0 Å². The highest BCUT2D eigenvalue weighted by Gasteiger charge is 2.47. The third-order valence-corrected chi connectivity index (χ3v) is 4.68. The van der Waals surface area contributed by atoms with Gasteiger partial charge < -0.3 is 15.8 Å². The molecule has 4 nitrogen and oxygen atoms in total. The van der Waals surface area contributed by atoms with E-state index < -0.39 is 5.41 Å². The van der Waals surface area contributed by atoms with Gasteiger partial charge in [0.15, 0.2) is 0 Å². The van der Waals surface area contributed by atoms with Crippen molar-refractivity contribution in [2.75, 3.05) is 13.2 Å². The number of carbonyl (C=O) groups is 1. The van der Waals surface area contributed by atoms with Gasteiger partial charge in [-0.2, -0.15) is 0 Å². The Morgan fingerprint density at radius 2 is 1.94 bits per heavy atom. The second-order valence-corrected chi connectivity index (χ2v) is 6.45. The first-order chi connectivity index (χ1) is 8.38. The molecule has 2 fully saturated rings. The van der Waals surface area contributed by atoms with Crippen molar-refractivity contribution in [3.63, 3.8) is 0 Å². The minimum Gasteiger partial charge on any atom is -0.392 e. The zero-order chi connectivity index (χ0) is 13.4. The fourth-order valence-corrected chi connectivity index (χ4v) is 2.92. The molecule has 1 saturated heterocycles. The lowest BCUT2D eigenvalue weighted by atomic mass is 9.78. The number of rotatable bonds is 4. The number of nitrogens with two attached hydrogens (primary N) is 1. The SMILES string of the molecule is CC(C)(NC(=O)C1(C(N)=S)CCOCC1)C1CC1. The van der Waals surface area contributed by atoms with E-state index in [4.69, 9.17) is 22.7 Å². The molecule has 1 aliphatic carbocycles. The van der Waals surface area contributed by atoms with Crippen LogP contribution in [0.25, 0.3) is 0 Å². The Morgan fingerprint density at radius 3 is 2.39 bits per heavy atom. The van der Waals surface area contributed by atoms with Gasteiger partial charge in [0.1, 0.15) is 5.41 Å². The first-order valence-corrected chi connectivity index (χ1v) is 6.99. The smallest absolute Gasteiger partial charge is 0.233 e. The van der Waals surface area contributed by atoms with Crippen molar-refractivity contribution in [1.82, 2.24) is 5.32 Å². The molecule has 0 aromatic rings. The number of hydrogen-bond donors (Lipinski definition) is 2. The second kappa shape index (κ2) is 4.78. The summed E-state index contributed by atoms with van der Waals surface area (Å²) in [6, 6.07) is 0. The molecule has 0 aromatic heterocycles. The quantitative estimate of drug-likeness (QED) is 0.757. The maximum Gasteiger partial charge on any atom is 0.233 e. The van der Waals surface area contributed by atoms with Gasteiger partial charge in [-0.15, -0.1) is 0 Å². The van der Waals surface area contributed by atoms with Gasteiger partial charge in [0.05, 0.1) is 4.99 Å². The van der Waals surface area contributed by atoms with Crippen LogP contribution >= 0.6 is 12.2 Å². The Hall–Kier alpha value is -0.680. The molecule has 0 bridgehead atoms. The van der Waals surface area contributed by atoms with Crippen molar-refractivity contribution in [1.29, 1.82) is 0 Å². The number of carbonyl (C=O) groups excluding carboxylic acids is 1. The molecule has 18 heavy (non-hydrogen) atoms. The molecule has 0 atom stereocenters. The molecule has 5 heteroatoms. The summed E-state index contributed by atoms with van der Waals surface area (Å²) >= 11 is 5.14. The predicted octanol–water partition coefficient (Wildman–Crippen LogP) is 1.37. The van der Waals surface area contributed by atoms with Crippen LogP contribution in [0.5, 0.6) is 0 Å². The van der Waals surface area contributed by atoms with Crippen LogP contribution < -0.4 is 11.1 Å². The molecule has 0 radical (unpaired) electrons. The van der Waals surface area contributed by atoms with Crippen LogP contribution in [0.4, 0.5) is 0 Å². The molecule has 0 spiro atoms. The van der Waals surface area contributed by atoms with E-state index >= 15 is 0 Å². The van der Waals surface area contributed by atoms with Crippen LogP contribution in [0.2, 0.25) is 0 Å². The summed E-state index contributed by atoms with van der Waals surface area (Å²) in [5.41, 5.74) is 4.96. The van der Waals surface area contributed by atoms with Gasteiger partial charge in [0.25, 0.3) is 0 Å². The molecule has 1 saturated carbocycles. The van der Waals surface area contributed by atoms with Crippen molar-refractivity contribution in [3.8, 4) is 0 Å². The van der Waals surface area contributed by atoms with Gasteiger partial charge in [-0.3, -0.25) is 4.79 Å². The Labute approximate surface area is 114 Å². The van der Waals surface area contributed by atoms with Crippen LogP contribution in [-0.4, -0.2) is 29.6 Å². The fourth-order valence-electron chi connectivity index (χ4n) is 2.62. The molecule has 1 heterocycles. The van der Waals surface area contributed by atoms with Gasteiger partial charge >= 0.3 is 0 Å². The lowest BCUT2D eigenvalue weighted by Crippen LogP contribution is -2.57. The van der Waals surface area contributed by atoms with Crippen LogP contribution in [0.1, 0.15) is 39.5 Å². The highest BCUT2D eigenvalue weighted by atomic mass is 32.1. The average Bonchev–Trinajstić information content (AvgIpc) is 3.13. The molecular formula is C13H22N2O2S. The van der Waals surface area contributed by atoms with Crippen LogP contribution in [-0.2, 0) is 9.53 Å². The van der Waals surface area contributed by atoms with Crippen molar-refractivity contribution in [2.24, 2.45) is 17.1 Å². The molecule has 0 unspecified atom stereocenters. The maximum absolute atomic E-state index is 12.6. The predicted molar refractivity (Wildman–Crippen MR) is 74.2 cm³/mol. The lowest BCUT2D eigenvalue weighted by Gasteiger charge is -2.38. The second-order valence-electron chi connectivity index (χ2n) is 6.01. The molecule has 0 aromatic carbocycles. The monoisotopic (exact) mass is 270 g/mol. The van der Waals surface area contributed by atoms with E-state index in [1.807, 2.05) is 0 Å². The van der Waals surface area contributed by atoms with Gasteiger partial charge in [0.2, 0.25) is 5.91 Å². The molecule has 1 amide bonds. The minimum absolute atomic E-state index is 0.0183. The average molecular weight is 270 g/mol. The Bertz CT molecular complexity index is 358. The third kappa shape index (κ3) is 2.52. The van der Waals surface area contributed by atoms with Crippen molar-refractivity contribution in [3.05, 3.63) is 0 Å². The standard InChI is InChI=1S/C13H22N2O2S/c1-12(2,9-3-4-9)15-11(16)13(10(14)18)5-7-17-8-6-13/h9H,3-8H2,1-2H3,(H2,14,18)(H,15,16). The van der Waals surface area contributed by atoms with Gasteiger partial charge in [-0.1, -0.05) is 12.2 Å². The van der Waals surface area contributed by atoms with E-state index in [0.29, 0.717) is 37.0 Å². The number of hydrogen-bond acceptors (Lipinski definition) is 3. The van der Waals surface area contributed by atoms with Crippen molar-refractivity contribution in [2.45, 2.75) is 45.1 Å².